The van der Waals surface area contributed by atoms with Crippen LogP contribution in [0.5, 0.6) is 0 Å². The van der Waals surface area contributed by atoms with Crippen LogP contribution in [0.3, 0.4) is 0 Å². The molecule has 0 unspecified atom stereocenters. The molecule has 3 heteroatoms. The van der Waals surface area contributed by atoms with E-state index >= 15 is 0 Å². The average Bonchev–Trinajstić information content (AvgIpc) is 2.18. The lowest BCUT2D eigenvalue weighted by Gasteiger charge is -1.98. The van der Waals surface area contributed by atoms with E-state index in [0.717, 1.165) is 6.54 Å². The third kappa shape index (κ3) is 22.5. The van der Waals surface area contributed by atoms with Gasteiger partial charge in [-0.1, -0.05) is 45.4 Å². The Kier molecular flexibility index (Phi) is 20.7. The van der Waals surface area contributed by atoms with Gasteiger partial charge >= 0.3 is 0 Å². The molecule has 3 nitrogen and oxygen atoms in total. The van der Waals surface area contributed by atoms with Crippen molar-refractivity contribution in [3.05, 3.63) is 0 Å². The van der Waals surface area contributed by atoms with Gasteiger partial charge in [-0.3, -0.25) is 0 Å². The van der Waals surface area contributed by atoms with E-state index in [-0.39, 0.29) is 0 Å². The van der Waals surface area contributed by atoms with Gasteiger partial charge in [0.1, 0.15) is 0 Å². The van der Waals surface area contributed by atoms with Crippen molar-refractivity contribution in [2.75, 3.05) is 6.54 Å². The minimum atomic E-state index is -0.500. The Morgan fingerprint density at radius 3 is 1.71 bits per heavy atom. The molecule has 3 N–H and O–H groups in total. The van der Waals surface area contributed by atoms with Gasteiger partial charge in [0.25, 0.3) is 0 Å². The quantitative estimate of drug-likeness (QED) is 0.467. The number of unbranched alkanes of at least 4 members (excludes halogenated alkanes) is 7. The van der Waals surface area contributed by atoms with Crippen LogP contribution in [0, 0.1) is 0 Å². The summed E-state index contributed by atoms with van der Waals surface area (Å²) in [6.07, 6.45) is 11.3. The molecular weight excluding hydrogens is 178 g/mol. The van der Waals surface area contributed by atoms with E-state index in [4.69, 9.17) is 9.90 Å². The molecule has 0 aromatic heterocycles. The SMILES string of the molecule is CCCCCCCCCC[NH3+].O=C[O-]. The standard InChI is InChI=1S/C10H23N.CH2O2/c1-2-3-4-5-6-7-8-9-10-11;2-1-3/h2-11H2,1H3;1H,(H,2,3). The van der Waals surface area contributed by atoms with Gasteiger partial charge < -0.3 is 15.6 Å². The maximum atomic E-state index is 8.25. The molecule has 0 atom stereocenters. The van der Waals surface area contributed by atoms with Crippen molar-refractivity contribution in [3.63, 3.8) is 0 Å². The topological polar surface area (TPSA) is 67.8 Å². The second kappa shape index (κ2) is 18.3. The maximum absolute atomic E-state index is 8.25. The number of quaternary nitrogens is 1. The van der Waals surface area contributed by atoms with Gasteiger partial charge in [-0.15, -0.1) is 0 Å². The zero-order valence-corrected chi connectivity index (χ0v) is 9.46. The fraction of sp³-hybridized carbons (Fsp3) is 0.909. The van der Waals surface area contributed by atoms with Crippen molar-refractivity contribution in [1.82, 2.24) is 0 Å². The molecule has 0 amide bonds. The van der Waals surface area contributed by atoms with Crippen molar-refractivity contribution in [2.24, 2.45) is 0 Å². The average molecular weight is 203 g/mol. The number of hydrogen-bond acceptors (Lipinski definition) is 2. The first kappa shape index (κ1) is 15.9. The van der Waals surface area contributed by atoms with E-state index < -0.39 is 6.47 Å². The molecule has 0 radical (unpaired) electrons. The molecule has 0 saturated carbocycles. The number of carbonyl (C=O) groups is 1. The van der Waals surface area contributed by atoms with Gasteiger partial charge in [0.2, 0.25) is 0 Å². The van der Waals surface area contributed by atoms with Gasteiger partial charge in [-0.2, -0.15) is 0 Å². The first-order valence-electron chi connectivity index (χ1n) is 5.68. The van der Waals surface area contributed by atoms with Crippen LogP contribution in [0.1, 0.15) is 58.3 Å². The summed E-state index contributed by atoms with van der Waals surface area (Å²) in [6, 6.07) is 0. The van der Waals surface area contributed by atoms with Crippen LogP contribution in [0.2, 0.25) is 0 Å². The Bertz CT molecular complexity index is 89.3. The van der Waals surface area contributed by atoms with Crippen LogP contribution in [0.25, 0.3) is 0 Å². The molecule has 14 heavy (non-hydrogen) atoms. The lowest BCUT2D eigenvalue weighted by atomic mass is 10.1. The molecule has 0 rings (SSSR count). The van der Waals surface area contributed by atoms with Crippen molar-refractivity contribution < 1.29 is 15.6 Å². The van der Waals surface area contributed by atoms with Crippen LogP contribution >= 0.6 is 0 Å². The third-order valence-corrected chi connectivity index (χ3v) is 2.10. The Balaban J connectivity index is 0. The minimum absolute atomic E-state index is 0.500. The molecule has 0 aliphatic carbocycles. The van der Waals surface area contributed by atoms with Crippen LogP contribution in [0.15, 0.2) is 0 Å². The summed E-state index contributed by atoms with van der Waals surface area (Å²) in [5, 5.41) is 8.25. The molecule has 0 aromatic carbocycles. The lowest BCUT2D eigenvalue weighted by molar-refractivity contribution is -0.368. The zero-order chi connectivity index (χ0) is 11.1. The first-order chi connectivity index (χ1) is 6.83. The molecule has 0 saturated heterocycles. The smallest absolute Gasteiger partial charge is 0.0739 e. The second-order valence-corrected chi connectivity index (χ2v) is 3.42. The monoisotopic (exact) mass is 203 g/mol. The molecule has 0 aliphatic rings. The van der Waals surface area contributed by atoms with Crippen molar-refractivity contribution >= 4 is 6.47 Å². The highest BCUT2D eigenvalue weighted by molar-refractivity contribution is 5.29. The van der Waals surface area contributed by atoms with Crippen LogP contribution in [0.4, 0.5) is 0 Å². The number of hydrogen-bond donors (Lipinski definition) is 1. The lowest BCUT2D eigenvalue weighted by Crippen LogP contribution is -2.50. The molecular formula is C11H25NO2. The summed E-state index contributed by atoms with van der Waals surface area (Å²) in [5.41, 5.74) is 3.83. The molecule has 0 spiro atoms. The van der Waals surface area contributed by atoms with Crippen LogP contribution in [-0.4, -0.2) is 13.0 Å². The fourth-order valence-corrected chi connectivity index (χ4v) is 1.31. The van der Waals surface area contributed by atoms with E-state index in [1.54, 1.807) is 0 Å². The van der Waals surface area contributed by atoms with Gasteiger partial charge in [-0.05, 0) is 12.8 Å². The predicted molar refractivity (Wildman–Crippen MR) is 56.4 cm³/mol. The van der Waals surface area contributed by atoms with E-state index in [0.29, 0.717) is 0 Å². The maximum Gasteiger partial charge on any atom is 0.0739 e. The van der Waals surface area contributed by atoms with Crippen molar-refractivity contribution in [1.29, 1.82) is 0 Å². The first-order valence-corrected chi connectivity index (χ1v) is 5.68. The molecule has 0 bridgehead atoms. The Labute approximate surface area is 87.7 Å². The van der Waals surface area contributed by atoms with Crippen molar-refractivity contribution in [2.45, 2.75) is 58.3 Å². The summed E-state index contributed by atoms with van der Waals surface area (Å²) < 4.78 is 0. The van der Waals surface area contributed by atoms with Gasteiger partial charge in [-0.25, -0.2) is 0 Å². The number of rotatable bonds is 8. The number of carbonyl (C=O) groups excluding carboxylic acids is 1. The highest BCUT2D eigenvalue weighted by Gasteiger charge is 1.89. The predicted octanol–water partition coefficient (Wildman–Crippen LogP) is 0.735. The summed E-state index contributed by atoms with van der Waals surface area (Å²) >= 11 is 0. The minimum Gasteiger partial charge on any atom is -0.554 e. The molecule has 0 heterocycles. The van der Waals surface area contributed by atoms with Crippen LogP contribution < -0.4 is 10.8 Å². The summed E-state index contributed by atoms with van der Waals surface area (Å²) in [5.74, 6) is 0. The van der Waals surface area contributed by atoms with Gasteiger partial charge in [0.05, 0.1) is 6.54 Å². The fourth-order valence-electron chi connectivity index (χ4n) is 1.31. The summed E-state index contributed by atoms with van der Waals surface area (Å²) in [6.45, 7) is 2.89. The highest BCUT2D eigenvalue weighted by Crippen LogP contribution is 2.07. The van der Waals surface area contributed by atoms with Crippen molar-refractivity contribution in [3.8, 4) is 0 Å². The van der Waals surface area contributed by atoms with E-state index in [1.165, 1.54) is 51.4 Å². The zero-order valence-electron chi connectivity index (χ0n) is 9.46. The van der Waals surface area contributed by atoms with E-state index in [1.807, 2.05) is 0 Å². The Morgan fingerprint density at radius 1 is 1.00 bits per heavy atom. The van der Waals surface area contributed by atoms with E-state index in [2.05, 4.69) is 12.7 Å². The summed E-state index contributed by atoms with van der Waals surface area (Å²) in [4.78, 5) is 8.25. The number of carboxylic acid groups (broad SMARTS) is 1. The highest BCUT2D eigenvalue weighted by atomic mass is 16.3. The van der Waals surface area contributed by atoms with Gasteiger partial charge in [0.15, 0.2) is 0 Å². The summed E-state index contributed by atoms with van der Waals surface area (Å²) in [7, 11) is 0. The van der Waals surface area contributed by atoms with Crippen LogP contribution in [-0.2, 0) is 4.79 Å². The van der Waals surface area contributed by atoms with Gasteiger partial charge in [0, 0.05) is 6.47 Å². The third-order valence-electron chi connectivity index (χ3n) is 2.10. The molecule has 0 fully saturated rings. The normalized spacial score (nSPS) is 9.00. The second-order valence-electron chi connectivity index (χ2n) is 3.42. The molecule has 86 valence electrons. The largest absolute Gasteiger partial charge is 0.554 e. The molecule has 0 aliphatic heterocycles. The Morgan fingerprint density at radius 2 is 1.36 bits per heavy atom. The molecule has 0 aromatic rings. The van der Waals surface area contributed by atoms with E-state index in [9.17, 15) is 0 Å². The Hall–Kier alpha value is -0.570.